The van der Waals surface area contributed by atoms with E-state index in [0.717, 1.165) is 23.3 Å². The molecule has 2 aliphatic rings. The van der Waals surface area contributed by atoms with Crippen LogP contribution in [0.1, 0.15) is 55.0 Å². The molecule has 0 saturated heterocycles. The van der Waals surface area contributed by atoms with Gasteiger partial charge in [-0.05, 0) is 68.9 Å². The molecule has 2 atom stereocenters. The molecule has 2 heterocycles. The summed E-state index contributed by atoms with van der Waals surface area (Å²) in [5.74, 6) is 0.901. The van der Waals surface area contributed by atoms with Gasteiger partial charge in [0.1, 0.15) is 11.4 Å². The van der Waals surface area contributed by atoms with Crippen molar-refractivity contribution in [2.24, 2.45) is 0 Å². The first-order valence-corrected chi connectivity index (χ1v) is 10.6. The average molecular weight is 394 g/mol. The molecule has 1 fully saturated rings. The first-order valence-electron chi connectivity index (χ1n) is 10.6. The number of ether oxygens (including phenoxy) is 1. The van der Waals surface area contributed by atoms with Crippen molar-refractivity contribution in [3.8, 4) is 5.75 Å². The van der Waals surface area contributed by atoms with Gasteiger partial charge in [-0.1, -0.05) is 18.2 Å². The van der Waals surface area contributed by atoms with Crippen molar-refractivity contribution >= 4 is 10.9 Å². The van der Waals surface area contributed by atoms with E-state index in [9.17, 15) is 4.39 Å². The van der Waals surface area contributed by atoms with E-state index in [-0.39, 0.29) is 12.1 Å². The quantitative estimate of drug-likeness (QED) is 0.655. The Labute approximate surface area is 171 Å². The largest absolute Gasteiger partial charge is 0.494 e. The molecule has 0 spiro atoms. The number of alkyl halides is 1. The molecule has 2 aromatic carbocycles. The van der Waals surface area contributed by atoms with Crippen molar-refractivity contribution < 1.29 is 9.13 Å². The lowest BCUT2D eigenvalue weighted by atomic mass is 9.83. The second kappa shape index (κ2) is 6.84. The van der Waals surface area contributed by atoms with Crippen molar-refractivity contribution in [2.45, 2.75) is 57.8 Å². The fourth-order valence-corrected chi connectivity index (χ4v) is 4.78. The molecule has 0 radical (unpaired) electrons. The van der Waals surface area contributed by atoms with E-state index in [2.05, 4.69) is 59.3 Å². The number of aromatic amines is 1. The number of hydrogen-bond acceptors (Lipinski definition) is 3. The number of aromatic nitrogens is 2. The maximum absolute atomic E-state index is 15.0. The second-order valence-corrected chi connectivity index (χ2v) is 8.72. The lowest BCUT2D eigenvalue weighted by Crippen LogP contribution is -2.46. The van der Waals surface area contributed by atoms with Gasteiger partial charge in [-0.2, -0.15) is 5.10 Å². The Balaban J connectivity index is 1.70. The number of fused-ring (bicyclic) bond motifs is 3. The van der Waals surface area contributed by atoms with E-state index in [1.807, 2.05) is 13.1 Å². The van der Waals surface area contributed by atoms with Gasteiger partial charge in [0.05, 0.1) is 24.4 Å². The number of benzene rings is 2. The van der Waals surface area contributed by atoms with Gasteiger partial charge in [-0.25, -0.2) is 4.39 Å². The van der Waals surface area contributed by atoms with Crippen LogP contribution >= 0.6 is 0 Å². The van der Waals surface area contributed by atoms with E-state index in [0.29, 0.717) is 26.0 Å². The van der Waals surface area contributed by atoms with Crippen LogP contribution in [0.5, 0.6) is 5.75 Å². The number of H-pyrrole nitrogens is 1. The SMILES string of the molecule is CCOc1cc(C)ccc1[C@@H]1c2ccc3[nH]ncc3c2C[C@@H](C)N1CC1(F)CC1. The third-order valence-electron chi connectivity index (χ3n) is 6.49. The van der Waals surface area contributed by atoms with Crippen molar-refractivity contribution in [1.29, 1.82) is 0 Å². The maximum Gasteiger partial charge on any atom is 0.124 e. The van der Waals surface area contributed by atoms with Crippen LogP contribution in [0.2, 0.25) is 0 Å². The number of nitrogens with one attached hydrogen (secondary N) is 1. The van der Waals surface area contributed by atoms with Crippen molar-refractivity contribution in [3.05, 3.63) is 58.8 Å². The number of rotatable bonds is 5. The number of hydrogen-bond donors (Lipinski definition) is 1. The first-order chi connectivity index (χ1) is 14.0. The van der Waals surface area contributed by atoms with Gasteiger partial charge in [0, 0.05) is 23.5 Å². The van der Waals surface area contributed by atoms with Gasteiger partial charge >= 0.3 is 0 Å². The van der Waals surface area contributed by atoms with E-state index in [1.54, 1.807) is 0 Å². The summed E-state index contributed by atoms with van der Waals surface area (Å²) in [7, 11) is 0. The second-order valence-electron chi connectivity index (χ2n) is 8.72. The fourth-order valence-electron chi connectivity index (χ4n) is 4.78. The monoisotopic (exact) mass is 393 g/mol. The van der Waals surface area contributed by atoms with Crippen molar-refractivity contribution in [2.75, 3.05) is 13.2 Å². The van der Waals surface area contributed by atoms with Crippen LogP contribution in [0.15, 0.2) is 36.5 Å². The minimum Gasteiger partial charge on any atom is -0.494 e. The maximum atomic E-state index is 15.0. The molecule has 3 aromatic rings. The molecule has 4 nitrogen and oxygen atoms in total. The van der Waals surface area contributed by atoms with Crippen LogP contribution in [0.25, 0.3) is 10.9 Å². The molecule has 152 valence electrons. The predicted octanol–water partition coefficient (Wildman–Crippen LogP) is 5.11. The van der Waals surface area contributed by atoms with Crippen LogP contribution in [0.4, 0.5) is 4.39 Å². The normalized spacial score (nSPS) is 23.2. The van der Waals surface area contributed by atoms with E-state index >= 15 is 0 Å². The standard InChI is InChI=1S/C24H28FN3O/c1-4-29-22-11-15(2)5-6-18(22)23-17-7-8-21-20(13-26-27-21)19(17)12-16(3)28(23)14-24(25)9-10-24/h5-8,11,13,16,23H,4,9-10,12,14H2,1-3H3,(H,26,27)/t16-,23+/m1/s1. The molecule has 1 aliphatic heterocycles. The summed E-state index contributed by atoms with van der Waals surface area (Å²) in [5.41, 5.74) is 4.86. The summed E-state index contributed by atoms with van der Waals surface area (Å²) in [6.07, 6.45) is 4.16. The zero-order valence-corrected chi connectivity index (χ0v) is 17.3. The first kappa shape index (κ1) is 18.6. The van der Waals surface area contributed by atoms with Gasteiger partial charge in [0.15, 0.2) is 0 Å². The highest BCUT2D eigenvalue weighted by atomic mass is 19.1. The molecule has 0 unspecified atom stereocenters. The Morgan fingerprint density at radius 1 is 1.24 bits per heavy atom. The topological polar surface area (TPSA) is 41.1 Å². The molecule has 5 rings (SSSR count). The highest BCUT2D eigenvalue weighted by Gasteiger charge is 2.48. The van der Waals surface area contributed by atoms with Gasteiger partial charge in [0.25, 0.3) is 0 Å². The molecule has 1 aromatic heterocycles. The summed E-state index contributed by atoms with van der Waals surface area (Å²) in [6.45, 7) is 7.39. The molecule has 1 saturated carbocycles. The Hall–Kier alpha value is -2.40. The van der Waals surface area contributed by atoms with Crippen LogP contribution in [0, 0.1) is 6.92 Å². The molecule has 29 heavy (non-hydrogen) atoms. The number of aryl methyl sites for hydroxylation is 1. The van der Waals surface area contributed by atoms with Gasteiger partial charge in [-0.3, -0.25) is 10.00 Å². The Morgan fingerprint density at radius 2 is 2.03 bits per heavy atom. The summed E-state index contributed by atoms with van der Waals surface area (Å²) < 4.78 is 21.0. The fraction of sp³-hybridized carbons (Fsp3) is 0.458. The highest BCUT2D eigenvalue weighted by molar-refractivity contribution is 5.83. The molecule has 0 bridgehead atoms. The summed E-state index contributed by atoms with van der Waals surface area (Å²) in [5, 5.41) is 8.52. The van der Waals surface area contributed by atoms with Crippen molar-refractivity contribution in [1.82, 2.24) is 15.1 Å². The molecule has 1 N–H and O–H groups in total. The zero-order chi connectivity index (χ0) is 20.2. The Bertz CT molecular complexity index is 1060. The van der Waals surface area contributed by atoms with Crippen LogP contribution < -0.4 is 4.74 Å². The predicted molar refractivity (Wildman–Crippen MR) is 113 cm³/mol. The Morgan fingerprint density at radius 3 is 2.79 bits per heavy atom. The van der Waals surface area contributed by atoms with Gasteiger partial charge in [-0.15, -0.1) is 0 Å². The van der Waals surface area contributed by atoms with E-state index < -0.39 is 5.67 Å². The van der Waals surface area contributed by atoms with E-state index in [4.69, 9.17) is 4.74 Å². The molecule has 5 heteroatoms. The zero-order valence-electron chi connectivity index (χ0n) is 17.3. The van der Waals surface area contributed by atoms with Crippen LogP contribution in [0.3, 0.4) is 0 Å². The minimum atomic E-state index is -1.04. The molecular formula is C24H28FN3O. The number of nitrogens with zero attached hydrogens (tertiary/aromatic N) is 2. The molecular weight excluding hydrogens is 365 g/mol. The lowest BCUT2D eigenvalue weighted by molar-refractivity contribution is 0.0970. The lowest BCUT2D eigenvalue weighted by Gasteiger charge is -2.43. The highest BCUT2D eigenvalue weighted by Crippen LogP contribution is 2.48. The van der Waals surface area contributed by atoms with E-state index in [1.165, 1.54) is 22.1 Å². The van der Waals surface area contributed by atoms with Crippen LogP contribution in [-0.4, -0.2) is 40.0 Å². The van der Waals surface area contributed by atoms with Gasteiger partial charge < -0.3 is 4.74 Å². The molecule has 0 amide bonds. The average Bonchev–Trinajstić information content (AvgIpc) is 3.22. The molecule has 1 aliphatic carbocycles. The summed E-state index contributed by atoms with van der Waals surface area (Å²) in [6, 6.07) is 10.9. The van der Waals surface area contributed by atoms with Crippen LogP contribution in [-0.2, 0) is 6.42 Å². The third kappa shape index (κ3) is 3.21. The summed E-state index contributed by atoms with van der Waals surface area (Å²) >= 11 is 0. The minimum absolute atomic E-state index is 0.0246. The van der Waals surface area contributed by atoms with Gasteiger partial charge in [0.2, 0.25) is 0 Å². The Kier molecular flexibility index (Phi) is 4.39. The third-order valence-corrected chi connectivity index (χ3v) is 6.49. The number of halogens is 1. The summed E-state index contributed by atoms with van der Waals surface area (Å²) in [4.78, 5) is 2.36. The van der Waals surface area contributed by atoms with Crippen molar-refractivity contribution in [3.63, 3.8) is 0 Å². The smallest absolute Gasteiger partial charge is 0.124 e.